The van der Waals surface area contributed by atoms with Gasteiger partial charge in [-0.15, -0.1) is 0 Å². The van der Waals surface area contributed by atoms with Crippen molar-refractivity contribution in [2.75, 3.05) is 26.7 Å². The fourth-order valence-electron chi connectivity index (χ4n) is 2.64. The minimum atomic E-state index is -3.40. The normalized spacial score (nSPS) is 18.0. The monoisotopic (exact) mass is 311 g/mol. The summed E-state index contributed by atoms with van der Waals surface area (Å²) >= 11 is 0. The lowest BCUT2D eigenvalue weighted by molar-refractivity contribution is 0.213. The van der Waals surface area contributed by atoms with Gasteiger partial charge in [-0.05, 0) is 63.0 Å². The molecule has 1 saturated heterocycles. The average Bonchev–Trinajstić information content (AvgIpc) is 2.49. The van der Waals surface area contributed by atoms with Gasteiger partial charge in [0.15, 0.2) is 0 Å². The van der Waals surface area contributed by atoms with E-state index in [1.807, 2.05) is 0 Å². The van der Waals surface area contributed by atoms with Crippen LogP contribution in [0.1, 0.15) is 24.8 Å². The summed E-state index contributed by atoms with van der Waals surface area (Å²) in [5.74, 6) is 0.628. The van der Waals surface area contributed by atoms with Crippen LogP contribution in [0.3, 0.4) is 0 Å². The van der Waals surface area contributed by atoms with Crippen molar-refractivity contribution in [1.82, 2.24) is 9.62 Å². The maximum atomic E-state index is 12.2. The van der Waals surface area contributed by atoms with Crippen LogP contribution in [0.2, 0.25) is 0 Å². The van der Waals surface area contributed by atoms with Gasteiger partial charge >= 0.3 is 0 Å². The third-order valence-electron chi connectivity index (χ3n) is 4.15. The van der Waals surface area contributed by atoms with Crippen LogP contribution >= 0.6 is 0 Å². The Balaban J connectivity index is 1.83. The number of nitrogens with one attached hydrogen (secondary N) is 1. The van der Waals surface area contributed by atoms with Gasteiger partial charge in [-0.1, -0.05) is 12.1 Å². The number of hydrogen-bond acceptors (Lipinski definition) is 4. The number of likely N-dealkylation sites (tertiary alicyclic amines) is 1. The Labute approximate surface area is 127 Å². The van der Waals surface area contributed by atoms with Crippen molar-refractivity contribution >= 4 is 10.0 Å². The third kappa shape index (κ3) is 4.78. The first-order chi connectivity index (χ1) is 10.0. The zero-order chi connectivity index (χ0) is 15.3. The maximum Gasteiger partial charge on any atom is 0.240 e. The molecule has 0 aliphatic carbocycles. The van der Waals surface area contributed by atoms with E-state index in [-0.39, 0.29) is 0 Å². The van der Waals surface area contributed by atoms with Crippen LogP contribution in [-0.4, -0.2) is 40.0 Å². The number of rotatable bonds is 6. The summed E-state index contributed by atoms with van der Waals surface area (Å²) < 4.78 is 27.0. The molecule has 0 spiro atoms. The van der Waals surface area contributed by atoms with E-state index in [1.54, 1.807) is 24.3 Å². The molecule has 1 aliphatic heterocycles. The number of nitrogens with two attached hydrogens (primary N) is 1. The molecular weight excluding hydrogens is 286 g/mol. The van der Waals surface area contributed by atoms with Crippen molar-refractivity contribution in [3.05, 3.63) is 29.8 Å². The molecule has 2 rings (SSSR count). The Morgan fingerprint density at radius 2 is 1.86 bits per heavy atom. The smallest absolute Gasteiger partial charge is 0.240 e. The average molecular weight is 311 g/mol. The van der Waals surface area contributed by atoms with Crippen LogP contribution in [0, 0.1) is 5.92 Å². The third-order valence-corrected chi connectivity index (χ3v) is 5.63. The van der Waals surface area contributed by atoms with Gasteiger partial charge in [-0.2, -0.15) is 0 Å². The molecule has 0 amide bonds. The predicted molar refractivity (Wildman–Crippen MR) is 84.4 cm³/mol. The molecule has 1 aromatic carbocycles. The Morgan fingerprint density at radius 1 is 1.24 bits per heavy atom. The van der Waals surface area contributed by atoms with E-state index >= 15 is 0 Å². The standard InChI is InChI=1S/C15H25N3O2S/c1-18-10-7-13(8-11-18)6-9-17-21(19,20)15-4-2-14(12-16)3-5-15/h2-5,13,17H,6-12,16H2,1H3. The Kier molecular flexibility index (Phi) is 5.75. The molecule has 0 aromatic heterocycles. The first-order valence-corrected chi connectivity index (χ1v) is 8.97. The molecule has 1 fully saturated rings. The molecule has 0 radical (unpaired) electrons. The second kappa shape index (κ2) is 7.35. The van der Waals surface area contributed by atoms with Crippen molar-refractivity contribution in [2.24, 2.45) is 11.7 Å². The van der Waals surface area contributed by atoms with E-state index in [9.17, 15) is 8.42 Å². The fourth-order valence-corrected chi connectivity index (χ4v) is 3.68. The van der Waals surface area contributed by atoms with Gasteiger partial charge in [0.25, 0.3) is 0 Å². The lowest BCUT2D eigenvalue weighted by atomic mass is 9.94. The highest BCUT2D eigenvalue weighted by Gasteiger charge is 2.18. The quantitative estimate of drug-likeness (QED) is 0.826. The van der Waals surface area contributed by atoms with Crippen LogP contribution in [0.5, 0.6) is 0 Å². The van der Waals surface area contributed by atoms with E-state index < -0.39 is 10.0 Å². The van der Waals surface area contributed by atoms with Crippen LogP contribution in [-0.2, 0) is 16.6 Å². The minimum Gasteiger partial charge on any atom is -0.326 e. The molecule has 118 valence electrons. The largest absolute Gasteiger partial charge is 0.326 e. The zero-order valence-electron chi connectivity index (χ0n) is 12.6. The molecule has 5 nitrogen and oxygen atoms in total. The SMILES string of the molecule is CN1CCC(CCNS(=O)(=O)c2ccc(CN)cc2)CC1. The van der Waals surface area contributed by atoms with Gasteiger partial charge in [0.1, 0.15) is 0 Å². The molecule has 21 heavy (non-hydrogen) atoms. The summed E-state index contributed by atoms with van der Waals surface area (Å²) in [6.45, 7) is 3.15. The topological polar surface area (TPSA) is 75.4 Å². The van der Waals surface area contributed by atoms with Gasteiger partial charge in [0.05, 0.1) is 4.90 Å². The molecule has 1 aromatic rings. The summed E-state index contributed by atoms with van der Waals surface area (Å²) in [5, 5.41) is 0. The van der Waals surface area contributed by atoms with Gasteiger partial charge < -0.3 is 10.6 Å². The second-order valence-corrected chi connectivity index (χ2v) is 7.55. The number of piperidine rings is 1. The minimum absolute atomic E-state index is 0.308. The number of hydrogen-bond donors (Lipinski definition) is 2. The van der Waals surface area contributed by atoms with Gasteiger partial charge in [-0.25, -0.2) is 13.1 Å². The maximum absolute atomic E-state index is 12.2. The van der Waals surface area contributed by atoms with Crippen molar-refractivity contribution in [3.8, 4) is 0 Å². The molecule has 1 aliphatic rings. The first kappa shape index (κ1) is 16.4. The number of nitrogens with zero attached hydrogens (tertiary/aromatic N) is 1. The predicted octanol–water partition coefficient (Wildman–Crippen LogP) is 1.16. The fraction of sp³-hybridized carbons (Fsp3) is 0.600. The van der Waals surface area contributed by atoms with E-state index in [1.165, 1.54) is 0 Å². The Hall–Kier alpha value is -0.950. The number of benzene rings is 1. The molecule has 1 heterocycles. The molecule has 0 unspecified atom stereocenters. The van der Waals surface area contributed by atoms with E-state index in [4.69, 9.17) is 5.73 Å². The van der Waals surface area contributed by atoms with E-state index in [0.717, 1.165) is 37.9 Å². The van der Waals surface area contributed by atoms with Crippen molar-refractivity contribution in [2.45, 2.75) is 30.7 Å². The summed E-state index contributed by atoms with van der Waals surface area (Å²) in [5.41, 5.74) is 6.44. The van der Waals surface area contributed by atoms with Crippen LogP contribution in [0.15, 0.2) is 29.2 Å². The molecule has 0 atom stereocenters. The van der Waals surface area contributed by atoms with E-state index in [2.05, 4.69) is 16.7 Å². The van der Waals surface area contributed by atoms with Crippen molar-refractivity contribution in [1.29, 1.82) is 0 Å². The lowest BCUT2D eigenvalue weighted by Gasteiger charge is -2.28. The Morgan fingerprint density at radius 3 is 2.43 bits per heavy atom. The highest BCUT2D eigenvalue weighted by molar-refractivity contribution is 7.89. The van der Waals surface area contributed by atoms with Gasteiger partial charge in [-0.3, -0.25) is 0 Å². The van der Waals surface area contributed by atoms with Crippen molar-refractivity contribution < 1.29 is 8.42 Å². The molecule has 0 bridgehead atoms. The summed E-state index contributed by atoms with van der Waals surface area (Å²) in [4.78, 5) is 2.63. The molecule has 0 saturated carbocycles. The highest BCUT2D eigenvalue weighted by atomic mass is 32.2. The molecule has 6 heteroatoms. The summed E-state index contributed by atoms with van der Waals surface area (Å²) in [6.07, 6.45) is 3.22. The van der Waals surface area contributed by atoms with Crippen LogP contribution in [0.4, 0.5) is 0 Å². The molecular formula is C15H25N3O2S. The lowest BCUT2D eigenvalue weighted by Crippen LogP contribution is -2.32. The summed E-state index contributed by atoms with van der Waals surface area (Å²) in [7, 11) is -1.27. The zero-order valence-corrected chi connectivity index (χ0v) is 13.4. The number of sulfonamides is 1. The van der Waals surface area contributed by atoms with Gasteiger partial charge in [0.2, 0.25) is 10.0 Å². The highest BCUT2D eigenvalue weighted by Crippen LogP contribution is 2.19. The summed E-state index contributed by atoms with van der Waals surface area (Å²) in [6, 6.07) is 6.73. The molecule has 3 N–H and O–H groups in total. The second-order valence-electron chi connectivity index (χ2n) is 5.78. The van der Waals surface area contributed by atoms with Crippen molar-refractivity contribution in [3.63, 3.8) is 0 Å². The van der Waals surface area contributed by atoms with Crippen LogP contribution in [0.25, 0.3) is 0 Å². The van der Waals surface area contributed by atoms with E-state index in [0.29, 0.717) is 23.9 Å². The van der Waals surface area contributed by atoms with Crippen LogP contribution < -0.4 is 10.5 Å². The first-order valence-electron chi connectivity index (χ1n) is 7.48. The van der Waals surface area contributed by atoms with Gasteiger partial charge in [0, 0.05) is 13.1 Å². The Bertz CT molecular complexity index is 535.